The molecule has 9 heteroatoms. The summed E-state index contributed by atoms with van der Waals surface area (Å²) in [7, 11) is 1.77. The number of nitrogens with zero attached hydrogens (tertiary/aromatic N) is 5. The standard InChI is InChI=1S/C16H17BrF3N5/c1-24(15-6-14(16(18,19)20)22-10-23-15)13-4-5-25(9-13)8-12-3-2-11(17)7-21-12/h2-3,6-7,10,13H,4-5,8-9H2,1H3. The zero-order chi connectivity index (χ0) is 18.0. The van der Waals surface area contributed by atoms with Gasteiger partial charge in [0.15, 0.2) is 0 Å². The summed E-state index contributed by atoms with van der Waals surface area (Å²) in [4.78, 5) is 15.7. The number of likely N-dealkylation sites (tertiary alicyclic amines) is 1. The highest BCUT2D eigenvalue weighted by Crippen LogP contribution is 2.30. The Kier molecular flexibility index (Phi) is 5.24. The smallest absolute Gasteiger partial charge is 0.355 e. The molecule has 0 radical (unpaired) electrons. The van der Waals surface area contributed by atoms with Crippen LogP contribution in [0.1, 0.15) is 17.8 Å². The van der Waals surface area contributed by atoms with Crippen molar-refractivity contribution in [3.05, 3.63) is 46.6 Å². The molecule has 0 amide bonds. The minimum atomic E-state index is -4.46. The lowest BCUT2D eigenvalue weighted by atomic mass is 10.2. The molecule has 0 aromatic carbocycles. The van der Waals surface area contributed by atoms with E-state index >= 15 is 0 Å². The largest absolute Gasteiger partial charge is 0.433 e. The number of pyridine rings is 1. The maximum Gasteiger partial charge on any atom is 0.433 e. The molecule has 2 aromatic rings. The van der Waals surface area contributed by atoms with Crippen molar-refractivity contribution in [1.29, 1.82) is 0 Å². The maximum absolute atomic E-state index is 12.8. The van der Waals surface area contributed by atoms with E-state index in [4.69, 9.17) is 0 Å². The van der Waals surface area contributed by atoms with Gasteiger partial charge in [-0.15, -0.1) is 0 Å². The van der Waals surface area contributed by atoms with Gasteiger partial charge in [-0.25, -0.2) is 9.97 Å². The predicted molar refractivity (Wildman–Crippen MR) is 91.1 cm³/mol. The van der Waals surface area contributed by atoms with Gasteiger partial charge < -0.3 is 4.90 Å². The van der Waals surface area contributed by atoms with Gasteiger partial charge in [-0.3, -0.25) is 9.88 Å². The summed E-state index contributed by atoms with van der Waals surface area (Å²) >= 11 is 3.36. The average Bonchev–Trinajstić information content (AvgIpc) is 3.04. The van der Waals surface area contributed by atoms with Gasteiger partial charge in [0, 0.05) is 49.5 Å². The zero-order valence-electron chi connectivity index (χ0n) is 13.5. The third kappa shape index (κ3) is 4.46. The first-order valence-corrected chi connectivity index (χ1v) is 8.57. The first kappa shape index (κ1) is 18.1. The molecular weight excluding hydrogens is 399 g/mol. The number of hydrogen-bond donors (Lipinski definition) is 0. The molecule has 0 bridgehead atoms. The quantitative estimate of drug-likeness (QED) is 0.765. The van der Waals surface area contributed by atoms with E-state index in [9.17, 15) is 13.2 Å². The topological polar surface area (TPSA) is 45.2 Å². The highest BCUT2D eigenvalue weighted by Gasteiger charge is 2.34. The molecule has 3 rings (SSSR count). The zero-order valence-corrected chi connectivity index (χ0v) is 15.1. The first-order valence-electron chi connectivity index (χ1n) is 7.78. The Bertz CT molecular complexity index is 722. The molecule has 1 aliphatic rings. The summed E-state index contributed by atoms with van der Waals surface area (Å²) in [6.07, 6.45) is -0.881. The molecule has 2 aromatic heterocycles. The summed E-state index contributed by atoms with van der Waals surface area (Å²) in [6, 6.07) is 5.01. The van der Waals surface area contributed by atoms with E-state index < -0.39 is 11.9 Å². The number of rotatable bonds is 4. The Morgan fingerprint density at radius 2 is 2.08 bits per heavy atom. The molecule has 0 saturated carbocycles. The second kappa shape index (κ2) is 7.25. The van der Waals surface area contributed by atoms with Crippen LogP contribution in [0, 0.1) is 0 Å². The summed E-state index contributed by atoms with van der Waals surface area (Å²) in [5.41, 5.74) is 0.0474. The van der Waals surface area contributed by atoms with Crippen LogP contribution in [0.2, 0.25) is 0 Å². The maximum atomic E-state index is 12.8. The third-order valence-corrected chi connectivity index (χ3v) is 4.74. The summed E-state index contributed by atoms with van der Waals surface area (Å²) in [5, 5.41) is 0. The first-order chi connectivity index (χ1) is 11.8. The van der Waals surface area contributed by atoms with Crippen LogP contribution in [-0.2, 0) is 12.7 Å². The SMILES string of the molecule is CN(c1cc(C(F)(F)F)ncn1)C1CCN(Cc2ccc(Br)cn2)C1. The van der Waals surface area contributed by atoms with Gasteiger partial charge in [0.05, 0.1) is 5.69 Å². The fourth-order valence-electron chi connectivity index (χ4n) is 2.88. The Morgan fingerprint density at radius 3 is 2.76 bits per heavy atom. The van der Waals surface area contributed by atoms with Gasteiger partial charge >= 0.3 is 6.18 Å². The van der Waals surface area contributed by atoms with Gasteiger partial charge in [0.1, 0.15) is 17.8 Å². The monoisotopic (exact) mass is 415 g/mol. The molecule has 1 atom stereocenters. The number of alkyl halides is 3. The molecule has 1 aliphatic heterocycles. The molecule has 3 heterocycles. The Labute approximate surface area is 152 Å². The van der Waals surface area contributed by atoms with Gasteiger partial charge in [-0.05, 0) is 34.5 Å². The summed E-state index contributed by atoms with van der Waals surface area (Å²) in [5.74, 6) is 0.288. The van der Waals surface area contributed by atoms with E-state index in [1.807, 2.05) is 12.1 Å². The van der Waals surface area contributed by atoms with Crippen LogP contribution in [0.15, 0.2) is 35.2 Å². The van der Waals surface area contributed by atoms with E-state index in [-0.39, 0.29) is 11.9 Å². The molecule has 0 aliphatic carbocycles. The molecule has 25 heavy (non-hydrogen) atoms. The van der Waals surface area contributed by atoms with Crippen molar-refractivity contribution in [1.82, 2.24) is 19.9 Å². The summed E-state index contributed by atoms with van der Waals surface area (Å²) in [6.45, 7) is 2.33. The molecule has 0 N–H and O–H groups in total. The van der Waals surface area contributed by atoms with Crippen molar-refractivity contribution in [3.8, 4) is 0 Å². The number of halogens is 4. The van der Waals surface area contributed by atoms with Crippen LogP contribution in [0.3, 0.4) is 0 Å². The molecular formula is C16H17BrF3N5. The highest BCUT2D eigenvalue weighted by atomic mass is 79.9. The second-order valence-corrected chi connectivity index (χ2v) is 6.93. The van der Waals surface area contributed by atoms with E-state index in [2.05, 4.69) is 35.8 Å². The molecule has 134 valence electrons. The number of likely N-dealkylation sites (N-methyl/N-ethyl adjacent to an activating group) is 1. The van der Waals surface area contributed by atoms with Crippen LogP contribution in [0.4, 0.5) is 19.0 Å². The van der Waals surface area contributed by atoms with E-state index in [1.54, 1.807) is 18.1 Å². The van der Waals surface area contributed by atoms with Gasteiger partial charge in [0.25, 0.3) is 0 Å². The van der Waals surface area contributed by atoms with Crippen molar-refractivity contribution in [2.24, 2.45) is 0 Å². The van der Waals surface area contributed by atoms with Crippen LogP contribution in [0.25, 0.3) is 0 Å². The lowest BCUT2D eigenvalue weighted by molar-refractivity contribution is -0.141. The van der Waals surface area contributed by atoms with Crippen LogP contribution >= 0.6 is 15.9 Å². The molecule has 1 fully saturated rings. The lowest BCUT2D eigenvalue weighted by Crippen LogP contribution is -2.35. The fraction of sp³-hybridized carbons (Fsp3) is 0.438. The van der Waals surface area contributed by atoms with Crippen LogP contribution < -0.4 is 4.90 Å². The van der Waals surface area contributed by atoms with Gasteiger partial charge in [-0.1, -0.05) is 0 Å². The van der Waals surface area contributed by atoms with Gasteiger partial charge in [-0.2, -0.15) is 13.2 Å². The summed E-state index contributed by atoms with van der Waals surface area (Å²) < 4.78 is 39.4. The van der Waals surface area contributed by atoms with Crippen LogP contribution in [-0.4, -0.2) is 46.0 Å². The average molecular weight is 416 g/mol. The normalized spacial score (nSPS) is 18.5. The number of anilines is 1. The van der Waals surface area contributed by atoms with E-state index in [0.717, 1.165) is 48.6 Å². The third-order valence-electron chi connectivity index (χ3n) is 4.27. The van der Waals surface area contributed by atoms with Crippen molar-refractivity contribution >= 4 is 21.7 Å². The number of aromatic nitrogens is 3. The Balaban J connectivity index is 1.64. The minimum absolute atomic E-state index is 0.103. The lowest BCUT2D eigenvalue weighted by Gasteiger charge is -2.26. The van der Waals surface area contributed by atoms with Gasteiger partial charge in [0.2, 0.25) is 0 Å². The Hall–Kier alpha value is -1.74. The van der Waals surface area contributed by atoms with Crippen molar-refractivity contribution in [2.45, 2.75) is 25.2 Å². The molecule has 5 nitrogen and oxygen atoms in total. The van der Waals surface area contributed by atoms with Crippen molar-refractivity contribution in [3.63, 3.8) is 0 Å². The van der Waals surface area contributed by atoms with Crippen LogP contribution in [0.5, 0.6) is 0 Å². The minimum Gasteiger partial charge on any atom is -0.355 e. The fourth-order valence-corrected chi connectivity index (χ4v) is 3.12. The highest BCUT2D eigenvalue weighted by molar-refractivity contribution is 9.10. The molecule has 0 spiro atoms. The predicted octanol–water partition coefficient (Wildman–Crippen LogP) is 3.36. The van der Waals surface area contributed by atoms with E-state index in [0.29, 0.717) is 0 Å². The van der Waals surface area contributed by atoms with E-state index in [1.165, 1.54) is 0 Å². The number of hydrogen-bond acceptors (Lipinski definition) is 5. The molecule has 1 unspecified atom stereocenters. The van der Waals surface area contributed by atoms with Crippen molar-refractivity contribution in [2.75, 3.05) is 25.0 Å². The molecule has 1 saturated heterocycles. The van der Waals surface area contributed by atoms with Crippen molar-refractivity contribution < 1.29 is 13.2 Å². The Morgan fingerprint density at radius 1 is 1.28 bits per heavy atom. The second-order valence-electron chi connectivity index (χ2n) is 6.02.